The second-order valence-corrected chi connectivity index (χ2v) is 9.07. The van der Waals surface area contributed by atoms with Crippen molar-refractivity contribution in [1.82, 2.24) is 0 Å². The molecule has 0 heterocycles. The number of carbonyl (C=O) groups excluding carboxylic acids is 1. The number of ether oxygens (including phenoxy) is 1. The van der Waals surface area contributed by atoms with E-state index in [0.717, 1.165) is 17.4 Å². The monoisotopic (exact) mass is 429 g/mol. The molecule has 0 aliphatic rings. The first-order valence-corrected chi connectivity index (χ1v) is 11.1. The number of halogens is 1. The van der Waals surface area contributed by atoms with Crippen molar-refractivity contribution in [3.8, 4) is 5.75 Å². The maximum atomic E-state index is 12.8. The molecule has 0 aliphatic heterocycles. The number of rotatable bonds is 6. The number of anilines is 1. The Hall–Kier alpha value is -2.83. The minimum Gasteiger partial charge on any atom is -0.488 e. The number of nitrogens with one attached hydrogen (secondary N) is 1. The van der Waals surface area contributed by atoms with E-state index in [2.05, 4.69) is 5.32 Å². The lowest BCUT2D eigenvalue weighted by Gasteiger charge is -2.13. The third-order valence-electron chi connectivity index (χ3n) is 4.32. The number of sulfone groups is 1. The zero-order chi connectivity index (χ0) is 21.0. The van der Waals surface area contributed by atoms with Crippen LogP contribution in [0, 0.1) is 6.92 Å². The molecular weight excluding hydrogens is 410 g/mol. The number of amides is 1. The van der Waals surface area contributed by atoms with Gasteiger partial charge in [0.2, 0.25) is 0 Å². The third-order valence-corrected chi connectivity index (χ3v) is 5.69. The number of benzene rings is 3. The van der Waals surface area contributed by atoms with Gasteiger partial charge in [-0.3, -0.25) is 4.79 Å². The van der Waals surface area contributed by atoms with Gasteiger partial charge in [0.05, 0.1) is 10.5 Å². The normalized spacial score (nSPS) is 11.1. The Bertz CT molecular complexity index is 1140. The molecule has 150 valence electrons. The molecule has 0 fully saturated rings. The fraction of sp³-hybridized carbons (Fsp3) is 0.136. The first-order chi connectivity index (χ1) is 13.7. The van der Waals surface area contributed by atoms with Crippen LogP contribution in [0.3, 0.4) is 0 Å². The molecule has 0 saturated heterocycles. The minimum atomic E-state index is -3.38. The maximum absolute atomic E-state index is 12.8. The molecule has 0 saturated carbocycles. The van der Waals surface area contributed by atoms with Crippen molar-refractivity contribution in [3.05, 3.63) is 88.4 Å². The Kier molecular flexibility index (Phi) is 6.25. The number of hydrogen-bond donors (Lipinski definition) is 1. The van der Waals surface area contributed by atoms with Crippen LogP contribution in [-0.2, 0) is 16.4 Å². The summed E-state index contributed by atoms with van der Waals surface area (Å²) in [6, 6.07) is 18.8. The van der Waals surface area contributed by atoms with Crippen molar-refractivity contribution in [1.29, 1.82) is 0 Å². The molecular formula is C22H20ClNO4S. The number of carbonyl (C=O) groups is 1. The average molecular weight is 430 g/mol. The van der Waals surface area contributed by atoms with E-state index in [4.69, 9.17) is 16.3 Å². The molecule has 0 aromatic heterocycles. The summed E-state index contributed by atoms with van der Waals surface area (Å²) in [5, 5.41) is 3.42. The molecule has 3 aromatic rings. The van der Waals surface area contributed by atoms with Gasteiger partial charge in [-0.2, -0.15) is 0 Å². The van der Waals surface area contributed by atoms with Gasteiger partial charge < -0.3 is 10.1 Å². The number of hydrogen-bond acceptors (Lipinski definition) is 4. The van der Waals surface area contributed by atoms with E-state index in [1.807, 2.05) is 12.1 Å². The van der Waals surface area contributed by atoms with Gasteiger partial charge in [-0.25, -0.2) is 8.42 Å². The van der Waals surface area contributed by atoms with Crippen molar-refractivity contribution >= 4 is 33.0 Å². The van der Waals surface area contributed by atoms with Crippen LogP contribution in [0.4, 0.5) is 5.69 Å². The van der Waals surface area contributed by atoms with Crippen LogP contribution in [0.25, 0.3) is 0 Å². The zero-order valence-electron chi connectivity index (χ0n) is 16.0. The van der Waals surface area contributed by atoms with Crippen LogP contribution >= 0.6 is 11.6 Å². The standard InChI is InChI=1S/C22H20ClNO4S/c1-15-7-12-18(29(2,26)27)13-20(15)24-22(25)19-5-3-4-6-21(19)28-14-16-8-10-17(23)11-9-16/h3-13H,14H2,1-2H3,(H,24,25). The molecule has 0 aliphatic carbocycles. The molecule has 3 rings (SSSR count). The van der Waals surface area contributed by atoms with E-state index in [9.17, 15) is 13.2 Å². The Morgan fingerprint density at radius 2 is 1.72 bits per heavy atom. The van der Waals surface area contributed by atoms with E-state index in [1.165, 1.54) is 12.1 Å². The van der Waals surface area contributed by atoms with E-state index in [0.29, 0.717) is 22.0 Å². The molecule has 0 radical (unpaired) electrons. The van der Waals surface area contributed by atoms with Crippen molar-refractivity contribution < 1.29 is 17.9 Å². The first-order valence-electron chi connectivity index (χ1n) is 8.82. The molecule has 1 N–H and O–H groups in total. The summed E-state index contributed by atoms with van der Waals surface area (Å²) in [5.74, 6) is 0.0438. The zero-order valence-corrected chi connectivity index (χ0v) is 17.5. The Morgan fingerprint density at radius 1 is 1.03 bits per heavy atom. The van der Waals surface area contributed by atoms with Crippen molar-refractivity contribution in [2.45, 2.75) is 18.4 Å². The summed E-state index contributed by atoms with van der Waals surface area (Å²) in [4.78, 5) is 13.0. The van der Waals surface area contributed by atoms with Gasteiger partial charge in [-0.1, -0.05) is 41.9 Å². The maximum Gasteiger partial charge on any atom is 0.259 e. The van der Waals surface area contributed by atoms with Gasteiger partial charge in [0.1, 0.15) is 12.4 Å². The van der Waals surface area contributed by atoms with Gasteiger partial charge in [-0.05, 0) is 54.4 Å². The van der Waals surface area contributed by atoms with Gasteiger partial charge in [0, 0.05) is 17.0 Å². The summed E-state index contributed by atoms with van der Waals surface area (Å²) in [6.45, 7) is 2.08. The molecule has 0 spiro atoms. The smallest absolute Gasteiger partial charge is 0.259 e. The summed E-state index contributed by atoms with van der Waals surface area (Å²) in [6.07, 6.45) is 1.13. The largest absolute Gasteiger partial charge is 0.488 e. The van der Waals surface area contributed by atoms with Gasteiger partial charge in [-0.15, -0.1) is 0 Å². The topological polar surface area (TPSA) is 72.5 Å². The predicted octanol–water partition coefficient (Wildman–Crippen LogP) is 4.88. The fourth-order valence-electron chi connectivity index (χ4n) is 2.68. The Labute approximate surface area is 175 Å². The lowest BCUT2D eigenvalue weighted by atomic mass is 10.1. The number of aryl methyl sites for hydroxylation is 1. The minimum absolute atomic E-state index is 0.144. The van der Waals surface area contributed by atoms with Crippen LogP contribution in [-0.4, -0.2) is 20.6 Å². The highest BCUT2D eigenvalue weighted by Gasteiger charge is 2.15. The molecule has 5 nitrogen and oxygen atoms in total. The predicted molar refractivity (Wildman–Crippen MR) is 114 cm³/mol. The van der Waals surface area contributed by atoms with Crippen LogP contribution in [0.15, 0.2) is 71.6 Å². The summed E-state index contributed by atoms with van der Waals surface area (Å²) in [5.41, 5.74) is 2.46. The second-order valence-electron chi connectivity index (χ2n) is 6.61. The highest BCUT2D eigenvalue weighted by atomic mass is 35.5. The summed E-state index contributed by atoms with van der Waals surface area (Å²) < 4.78 is 29.4. The summed E-state index contributed by atoms with van der Waals surface area (Å²) in [7, 11) is -3.38. The van der Waals surface area contributed by atoms with Gasteiger partial charge in [0.15, 0.2) is 9.84 Å². The van der Waals surface area contributed by atoms with Crippen molar-refractivity contribution in [2.24, 2.45) is 0 Å². The molecule has 0 atom stereocenters. The molecule has 3 aromatic carbocycles. The SMILES string of the molecule is Cc1ccc(S(C)(=O)=O)cc1NC(=O)c1ccccc1OCc1ccc(Cl)cc1. The third kappa shape index (κ3) is 5.37. The van der Waals surface area contributed by atoms with Gasteiger partial charge in [0.25, 0.3) is 5.91 Å². The van der Waals surface area contributed by atoms with Crippen LogP contribution in [0.1, 0.15) is 21.5 Å². The first kappa shape index (κ1) is 20.9. The van der Waals surface area contributed by atoms with E-state index >= 15 is 0 Å². The number of para-hydroxylation sites is 1. The van der Waals surface area contributed by atoms with Crippen LogP contribution < -0.4 is 10.1 Å². The molecule has 0 unspecified atom stereocenters. The van der Waals surface area contributed by atoms with E-state index in [1.54, 1.807) is 49.4 Å². The highest BCUT2D eigenvalue weighted by Crippen LogP contribution is 2.24. The molecule has 7 heteroatoms. The molecule has 1 amide bonds. The highest BCUT2D eigenvalue weighted by molar-refractivity contribution is 7.90. The lowest BCUT2D eigenvalue weighted by Crippen LogP contribution is -2.15. The Balaban J connectivity index is 1.81. The molecule has 29 heavy (non-hydrogen) atoms. The Morgan fingerprint density at radius 3 is 2.41 bits per heavy atom. The van der Waals surface area contributed by atoms with E-state index in [-0.39, 0.29) is 17.4 Å². The fourth-order valence-corrected chi connectivity index (χ4v) is 3.45. The quantitative estimate of drug-likeness (QED) is 0.605. The lowest BCUT2D eigenvalue weighted by molar-refractivity contribution is 0.102. The van der Waals surface area contributed by atoms with Gasteiger partial charge >= 0.3 is 0 Å². The molecule has 0 bridgehead atoms. The second kappa shape index (κ2) is 8.68. The van der Waals surface area contributed by atoms with E-state index < -0.39 is 9.84 Å². The van der Waals surface area contributed by atoms with Crippen LogP contribution in [0.5, 0.6) is 5.75 Å². The van der Waals surface area contributed by atoms with Crippen molar-refractivity contribution in [2.75, 3.05) is 11.6 Å². The summed E-state index contributed by atoms with van der Waals surface area (Å²) >= 11 is 5.89. The van der Waals surface area contributed by atoms with Crippen LogP contribution in [0.2, 0.25) is 5.02 Å². The average Bonchev–Trinajstić information content (AvgIpc) is 2.68. The van der Waals surface area contributed by atoms with Crippen molar-refractivity contribution in [3.63, 3.8) is 0 Å².